The average Bonchev–Trinajstić information content (AvgIpc) is 3.16. The molecule has 0 spiro atoms. The molecule has 5 nitrogen and oxygen atoms in total. The van der Waals surface area contributed by atoms with E-state index in [1.165, 1.54) is 0 Å². The zero-order valence-corrected chi connectivity index (χ0v) is 14.8. The summed E-state index contributed by atoms with van der Waals surface area (Å²) < 4.78 is 39.8. The highest BCUT2D eigenvalue weighted by Gasteiger charge is 2.34. The fourth-order valence-corrected chi connectivity index (χ4v) is 5.16. The monoisotopic (exact) mass is 385 g/mol. The smallest absolute Gasteiger partial charge is 0.266 e. The van der Waals surface area contributed by atoms with E-state index in [9.17, 15) is 8.42 Å². The highest BCUT2D eigenvalue weighted by Crippen LogP contribution is 2.44. The van der Waals surface area contributed by atoms with Crippen molar-refractivity contribution in [3.05, 3.63) is 45.4 Å². The molecule has 0 fully saturated rings. The molecule has 1 N–H and O–H groups in total. The Morgan fingerprint density at radius 2 is 1.75 bits per heavy atom. The first kappa shape index (κ1) is 15.9. The largest absolute Gasteiger partial charge is 0.493 e. The fourth-order valence-electron chi connectivity index (χ4n) is 3.01. The molecule has 2 heterocycles. The van der Waals surface area contributed by atoms with Gasteiger partial charge >= 0.3 is 0 Å². The van der Waals surface area contributed by atoms with Crippen LogP contribution in [0.5, 0.6) is 11.5 Å². The Balaban J connectivity index is 1.87. The predicted octanol–water partition coefficient (Wildman–Crippen LogP) is 3.66. The number of hydrogen-bond acceptors (Lipinski definition) is 4. The SMILES string of the molecule is O=S(=O)(Nc1c(Cl)cccc1Cl)c1c2c(cc3c1OCC3)OCC2. The van der Waals surface area contributed by atoms with Crippen LogP contribution < -0.4 is 14.2 Å². The number of nitrogens with one attached hydrogen (secondary N) is 1. The molecule has 2 aliphatic rings. The Bertz CT molecular complexity index is 891. The first-order valence-electron chi connectivity index (χ1n) is 7.38. The van der Waals surface area contributed by atoms with Gasteiger partial charge in [0.1, 0.15) is 16.4 Å². The maximum atomic E-state index is 13.1. The van der Waals surface area contributed by atoms with Crippen LogP contribution in [-0.4, -0.2) is 21.6 Å². The maximum absolute atomic E-state index is 13.1. The van der Waals surface area contributed by atoms with Gasteiger partial charge in [0.25, 0.3) is 10.0 Å². The van der Waals surface area contributed by atoms with Crippen molar-refractivity contribution >= 4 is 38.9 Å². The van der Waals surface area contributed by atoms with Crippen molar-refractivity contribution in [1.82, 2.24) is 0 Å². The van der Waals surface area contributed by atoms with E-state index in [4.69, 9.17) is 32.7 Å². The molecule has 2 aromatic carbocycles. The number of fused-ring (bicyclic) bond motifs is 2. The minimum absolute atomic E-state index is 0.126. The number of ether oxygens (including phenoxy) is 2. The van der Waals surface area contributed by atoms with Crippen LogP contribution >= 0.6 is 23.2 Å². The maximum Gasteiger partial charge on any atom is 0.266 e. The number of benzene rings is 2. The van der Waals surface area contributed by atoms with Crippen molar-refractivity contribution in [2.75, 3.05) is 17.9 Å². The summed E-state index contributed by atoms with van der Waals surface area (Å²) in [6.45, 7) is 0.904. The lowest BCUT2D eigenvalue weighted by Crippen LogP contribution is -2.16. The molecule has 0 radical (unpaired) electrons. The first-order valence-corrected chi connectivity index (χ1v) is 9.62. The molecule has 8 heteroatoms. The van der Waals surface area contributed by atoms with E-state index in [-0.39, 0.29) is 20.6 Å². The second kappa shape index (κ2) is 5.72. The number of hydrogen-bond donors (Lipinski definition) is 1. The van der Waals surface area contributed by atoms with E-state index >= 15 is 0 Å². The molecular formula is C16H13Cl2NO4S. The van der Waals surface area contributed by atoms with E-state index in [0.717, 1.165) is 5.56 Å². The quantitative estimate of drug-likeness (QED) is 0.875. The summed E-state index contributed by atoms with van der Waals surface area (Å²) in [4.78, 5) is 0.126. The normalized spacial score (nSPS) is 15.4. The van der Waals surface area contributed by atoms with E-state index in [2.05, 4.69) is 4.72 Å². The third kappa shape index (κ3) is 2.49. The van der Waals surface area contributed by atoms with Crippen molar-refractivity contribution in [3.8, 4) is 11.5 Å². The molecule has 0 aromatic heterocycles. The lowest BCUT2D eigenvalue weighted by atomic mass is 10.1. The molecule has 2 aliphatic heterocycles. The zero-order chi connectivity index (χ0) is 16.9. The summed E-state index contributed by atoms with van der Waals surface area (Å²) in [5.74, 6) is 1.000. The summed E-state index contributed by atoms with van der Waals surface area (Å²) in [5, 5.41) is 0.458. The highest BCUT2D eigenvalue weighted by atomic mass is 35.5. The highest BCUT2D eigenvalue weighted by molar-refractivity contribution is 7.93. The molecule has 0 aliphatic carbocycles. The second-order valence-corrected chi connectivity index (χ2v) is 8.00. The van der Waals surface area contributed by atoms with Gasteiger partial charge in [-0.25, -0.2) is 8.42 Å². The van der Waals surface area contributed by atoms with Gasteiger partial charge in [0.05, 0.1) is 28.9 Å². The van der Waals surface area contributed by atoms with Crippen LogP contribution in [-0.2, 0) is 22.9 Å². The number of rotatable bonds is 3. The van der Waals surface area contributed by atoms with Gasteiger partial charge in [0.15, 0.2) is 0 Å². The molecule has 0 atom stereocenters. The van der Waals surface area contributed by atoms with Crippen molar-refractivity contribution in [1.29, 1.82) is 0 Å². The van der Waals surface area contributed by atoms with Crippen LogP contribution in [0.3, 0.4) is 0 Å². The van der Waals surface area contributed by atoms with Crippen LogP contribution in [0.4, 0.5) is 5.69 Å². The van der Waals surface area contributed by atoms with Gasteiger partial charge in [-0.15, -0.1) is 0 Å². The minimum Gasteiger partial charge on any atom is -0.493 e. The van der Waals surface area contributed by atoms with E-state index in [1.807, 2.05) is 6.07 Å². The lowest BCUT2D eigenvalue weighted by molar-refractivity contribution is 0.348. The van der Waals surface area contributed by atoms with Gasteiger partial charge in [-0.2, -0.15) is 0 Å². The van der Waals surface area contributed by atoms with E-state index in [1.54, 1.807) is 18.2 Å². The number of anilines is 1. The summed E-state index contributed by atoms with van der Waals surface area (Å²) in [6.07, 6.45) is 1.17. The van der Waals surface area contributed by atoms with Crippen LogP contribution in [0, 0.1) is 0 Å². The lowest BCUT2D eigenvalue weighted by Gasteiger charge is -2.16. The average molecular weight is 386 g/mol. The third-order valence-corrected chi connectivity index (χ3v) is 6.14. The van der Waals surface area contributed by atoms with Gasteiger partial charge in [-0.1, -0.05) is 29.3 Å². The Labute approximate surface area is 149 Å². The van der Waals surface area contributed by atoms with Crippen LogP contribution in [0.1, 0.15) is 11.1 Å². The Morgan fingerprint density at radius 1 is 1.04 bits per heavy atom. The third-order valence-electron chi connectivity index (χ3n) is 4.07. The van der Waals surface area contributed by atoms with Crippen molar-refractivity contribution in [3.63, 3.8) is 0 Å². The van der Waals surface area contributed by atoms with Crippen LogP contribution in [0.25, 0.3) is 0 Å². The topological polar surface area (TPSA) is 64.6 Å². The summed E-state index contributed by atoms with van der Waals surface area (Å²) in [7, 11) is -3.93. The molecule has 0 unspecified atom stereocenters. The summed E-state index contributed by atoms with van der Waals surface area (Å²) in [5.41, 5.74) is 1.62. The Hall–Kier alpha value is -1.63. The Morgan fingerprint density at radius 3 is 2.50 bits per heavy atom. The zero-order valence-electron chi connectivity index (χ0n) is 12.4. The van der Waals surface area contributed by atoms with Crippen LogP contribution in [0.2, 0.25) is 10.0 Å². The van der Waals surface area contributed by atoms with Gasteiger partial charge < -0.3 is 9.47 Å². The second-order valence-electron chi connectivity index (χ2n) is 5.57. The van der Waals surface area contributed by atoms with Crippen molar-refractivity contribution in [2.24, 2.45) is 0 Å². The first-order chi connectivity index (χ1) is 11.5. The standard InChI is InChI=1S/C16H13Cl2NO4S/c17-11-2-1-3-12(18)14(11)19-24(20,21)16-10-5-7-22-13(10)8-9-4-6-23-15(9)16/h1-3,8,19H,4-7H2. The van der Waals surface area contributed by atoms with Gasteiger partial charge in [0, 0.05) is 24.0 Å². The molecule has 24 heavy (non-hydrogen) atoms. The van der Waals surface area contributed by atoms with Gasteiger partial charge in [0.2, 0.25) is 0 Å². The van der Waals surface area contributed by atoms with Crippen molar-refractivity contribution < 1.29 is 17.9 Å². The summed E-state index contributed by atoms with van der Waals surface area (Å²) in [6, 6.07) is 6.67. The Kier molecular flexibility index (Phi) is 3.78. The molecule has 2 aromatic rings. The predicted molar refractivity (Wildman–Crippen MR) is 92.1 cm³/mol. The van der Waals surface area contributed by atoms with E-state index in [0.29, 0.717) is 43.1 Å². The van der Waals surface area contributed by atoms with Gasteiger partial charge in [-0.05, 0) is 18.2 Å². The number of halogens is 2. The molecule has 0 saturated heterocycles. The van der Waals surface area contributed by atoms with Gasteiger partial charge in [-0.3, -0.25) is 4.72 Å². The molecule has 0 bridgehead atoms. The van der Waals surface area contributed by atoms with Crippen LogP contribution in [0.15, 0.2) is 29.2 Å². The fraction of sp³-hybridized carbons (Fsp3) is 0.250. The van der Waals surface area contributed by atoms with Crippen molar-refractivity contribution in [2.45, 2.75) is 17.7 Å². The molecular weight excluding hydrogens is 373 g/mol. The number of sulfonamides is 1. The van der Waals surface area contributed by atoms with E-state index < -0.39 is 10.0 Å². The molecule has 126 valence electrons. The minimum atomic E-state index is -3.93. The molecule has 0 amide bonds. The molecule has 0 saturated carbocycles. The summed E-state index contributed by atoms with van der Waals surface area (Å²) >= 11 is 12.2. The number of para-hydroxylation sites is 1. The molecule has 4 rings (SSSR count).